The lowest BCUT2D eigenvalue weighted by Gasteiger charge is -2.33. The van der Waals surface area contributed by atoms with E-state index >= 15 is 0 Å². The maximum atomic E-state index is 6.28. The summed E-state index contributed by atoms with van der Waals surface area (Å²) in [6.07, 6.45) is 14.8. The molecule has 0 amide bonds. The topological polar surface area (TPSA) is 35.0 Å². The molecule has 2 fully saturated rings. The first kappa shape index (κ1) is 13.5. The Kier molecular flexibility index (Phi) is 3.39. The second kappa shape index (κ2) is 5.26. The van der Waals surface area contributed by atoms with Gasteiger partial charge in [-0.1, -0.05) is 6.92 Å². The van der Waals surface area contributed by atoms with Gasteiger partial charge in [0.15, 0.2) is 0 Å². The van der Waals surface area contributed by atoms with E-state index < -0.39 is 0 Å². The van der Waals surface area contributed by atoms with E-state index in [1.54, 1.807) is 6.33 Å². The molecule has 0 bridgehead atoms. The van der Waals surface area contributed by atoms with E-state index in [1.807, 2.05) is 0 Å². The number of fused-ring (bicyclic) bond motifs is 1. The first-order valence-electron chi connectivity index (χ1n) is 8.74. The van der Waals surface area contributed by atoms with Gasteiger partial charge < -0.3 is 4.74 Å². The van der Waals surface area contributed by atoms with Crippen molar-refractivity contribution in [1.29, 1.82) is 0 Å². The summed E-state index contributed by atoms with van der Waals surface area (Å²) in [6.45, 7) is 2.47. The first-order chi connectivity index (χ1) is 10.2. The average Bonchev–Trinajstić information content (AvgIpc) is 3.27. The van der Waals surface area contributed by atoms with E-state index in [4.69, 9.17) is 4.74 Å². The van der Waals surface area contributed by atoms with Crippen molar-refractivity contribution in [2.75, 3.05) is 0 Å². The van der Waals surface area contributed by atoms with Crippen molar-refractivity contribution in [2.24, 2.45) is 11.3 Å². The largest absolute Gasteiger partial charge is 0.474 e. The summed E-state index contributed by atoms with van der Waals surface area (Å²) in [5.41, 5.74) is 3.20. The van der Waals surface area contributed by atoms with Gasteiger partial charge in [0.1, 0.15) is 12.4 Å². The van der Waals surface area contributed by atoms with Crippen molar-refractivity contribution >= 4 is 0 Å². The van der Waals surface area contributed by atoms with Gasteiger partial charge in [-0.15, -0.1) is 0 Å². The first-order valence-corrected chi connectivity index (χ1v) is 8.74. The number of hydrogen-bond donors (Lipinski definition) is 0. The minimum absolute atomic E-state index is 0.379. The Labute approximate surface area is 127 Å². The summed E-state index contributed by atoms with van der Waals surface area (Å²) in [7, 11) is 0. The third-order valence-corrected chi connectivity index (χ3v) is 6.06. The third kappa shape index (κ3) is 2.67. The normalized spacial score (nSPS) is 30.5. The average molecular weight is 286 g/mol. The predicted octanol–water partition coefficient (Wildman–Crippen LogP) is 4.09. The summed E-state index contributed by atoms with van der Waals surface area (Å²) in [4.78, 5) is 8.87. The molecule has 3 nitrogen and oxygen atoms in total. The summed E-state index contributed by atoms with van der Waals surface area (Å²) in [5, 5.41) is 0. The highest BCUT2D eigenvalue weighted by atomic mass is 16.5. The van der Waals surface area contributed by atoms with Gasteiger partial charge in [0, 0.05) is 5.56 Å². The second-order valence-electron chi connectivity index (χ2n) is 7.56. The molecule has 21 heavy (non-hydrogen) atoms. The molecule has 0 saturated heterocycles. The molecule has 0 spiro atoms. The number of aromatic nitrogens is 2. The lowest BCUT2D eigenvalue weighted by Crippen LogP contribution is -2.28. The number of nitrogens with zero attached hydrogens (tertiary/aromatic N) is 2. The fraction of sp³-hybridized carbons (Fsp3) is 0.778. The van der Waals surface area contributed by atoms with Gasteiger partial charge in [-0.3, -0.25) is 0 Å². The molecule has 114 valence electrons. The Morgan fingerprint density at radius 2 is 1.81 bits per heavy atom. The molecule has 1 aromatic rings. The molecule has 0 atom stereocenters. The van der Waals surface area contributed by atoms with Gasteiger partial charge in [0.05, 0.1) is 5.69 Å². The van der Waals surface area contributed by atoms with Crippen LogP contribution in [0.5, 0.6) is 5.88 Å². The van der Waals surface area contributed by atoms with Crippen LogP contribution in [-0.2, 0) is 12.8 Å². The molecule has 4 rings (SSSR count). The molecule has 1 aromatic heterocycles. The van der Waals surface area contributed by atoms with Gasteiger partial charge in [0.25, 0.3) is 0 Å². The fourth-order valence-electron chi connectivity index (χ4n) is 4.23. The maximum absolute atomic E-state index is 6.28. The van der Waals surface area contributed by atoms with Crippen LogP contribution < -0.4 is 4.74 Å². The SMILES string of the molecule is CC1([C@H]2CC[C@@H](Oc3ncnc4c3CCCC4)CC2)CC1. The van der Waals surface area contributed by atoms with Crippen LogP contribution in [-0.4, -0.2) is 16.1 Å². The standard InChI is InChI=1S/C18H26N2O/c1-18(10-11-18)13-6-8-14(9-7-13)21-17-15-4-2-3-5-16(15)19-12-20-17/h12-14H,2-11H2,1H3/t13-,14+. The van der Waals surface area contributed by atoms with Crippen molar-refractivity contribution in [1.82, 2.24) is 9.97 Å². The van der Waals surface area contributed by atoms with Crippen LogP contribution in [0.1, 0.15) is 69.5 Å². The summed E-state index contributed by atoms with van der Waals surface area (Å²) in [5.74, 6) is 1.83. The predicted molar refractivity (Wildman–Crippen MR) is 82.4 cm³/mol. The third-order valence-electron chi connectivity index (χ3n) is 6.06. The molecular formula is C18H26N2O. The van der Waals surface area contributed by atoms with Crippen molar-refractivity contribution in [3.63, 3.8) is 0 Å². The molecular weight excluding hydrogens is 260 g/mol. The Balaban J connectivity index is 1.41. The molecule has 3 aliphatic carbocycles. The summed E-state index contributed by atoms with van der Waals surface area (Å²) < 4.78 is 6.28. The van der Waals surface area contributed by atoms with Gasteiger partial charge in [-0.25, -0.2) is 9.97 Å². The van der Waals surface area contributed by atoms with E-state index in [-0.39, 0.29) is 0 Å². The molecule has 0 aromatic carbocycles. The Bertz CT molecular complexity index is 516. The quantitative estimate of drug-likeness (QED) is 0.839. The van der Waals surface area contributed by atoms with E-state index in [0.717, 1.165) is 24.6 Å². The highest BCUT2D eigenvalue weighted by Crippen LogP contribution is 2.56. The highest BCUT2D eigenvalue weighted by Gasteiger charge is 2.45. The zero-order valence-electron chi connectivity index (χ0n) is 13.1. The van der Waals surface area contributed by atoms with Crippen LogP contribution in [0, 0.1) is 11.3 Å². The van der Waals surface area contributed by atoms with Crippen LogP contribution in [0.2, 0.25) is 0 Å². The van der Waals surface area contributed by atoms with E-state index in [0.29, 0.717) is 11.5 Å². The zero-order valence-corrected chi connectivity index (χ0v) is 13.1. The van der Waals surface area contributed by atoms with Crippen LogP contribution in [0.25, 0.3) is 0 Å². The molecule has 1 heterocycles. The summed E-state index contributed by atoms with van der Waals surface area (Å²) in [6, 6.07) is 0. The van der Waals surface area contributed by atoms with Crippen molar-refractivity contribution in [3.8, 4) is 5.88 Å². The van der Waals surface area contributed by atoms with Gasteiger partial charge >= 0.3 is 0 Å². The van der Waals surface area contributed by atoms with Gasteiger partial charge in [0.2, 0.25) is 5.88 Å². The van der Waals surface area contributed by atoms with E-state index in [1.165, 1.54) is 62.6 Å². The Morgan fingerprint density at radius 1 is 1.05 bits per heavy atom. The van der Waals surface area contributed by atoms with E-state index in [9.17, 15) is 0 Å². The Morgan fingerprint density at radius 3 is 2.57 bits per heavy atom. The minimum Gasteiger partial charge on any atom is -0.474 e. The number of aryl methyl sites for hydroxylation is 1. The molecule has 2 saturated carbocycles. The molecule has 0 unspecified atom stereocenters. The summed E-state index contributed by atoms with van der Waals surface area (Å²) >= 11 is 0. The van der Waals surface area contributed by atoms with E-state index in [2.05, 4.69) is 16.9 Å². The van der Waals surface area contributed by atoms with Crippen LogP contribution in [0.3, 0.4) is 0 Å². The van der Waals surface area contributed by atoms with Gasteiger partial charge in [-0.05, 0) is 75.5 Å². The fourth-order valence-corrected chi connectivity index (χ4v) is 4.23. The monoisotopic (exact) mass is 286 g/mol. The number of hydrogen-bond acceptors (Lipinski definition) is 3. The number of ether oxygens (including phenoxy) is 1. The van der Waals surface area contributed by atoms with Crippen LogP contribution in [0.15, 0.2) is 6.33 Å². The molecule has 3 aliphatic rings. The van der Waals surface area contributed by atoms with Crippen LogP contribution in [0.4, 0.5) is 0 Å². The maximum Gasteiger partial charge on any atom is 0.220 e. The smallest absolute Gasteiger partial charge is 0.220 e. The molecule has 0 radical (unpaired) electrons. The second-order valence-corrected chi connectivity index (χ2v) is 7.56. The molecule has 0 aliphatic heterocycles. The lowest BCUT2D eigenvalue weighted by atomic mass is 9.78. The lowest BCUT2D eigenvalue weighted by molar-refractivity contribution is 0.103. The van der Waals surface area contributed by atoms with Crippen molar-refractivity contribution in [2.45, 2.75) is 77.2 Å². The highest BCUT2D eigenvalue weighted by molar-refractivity contribution is 5.31. The van der Waals surface area contributed by atoms with Gasteiger partial charge in [-0.2, -0.15) is 0 Å². The van der Waals surface area contributed by atoms with Crippen molar-refractivity contribution < 1.29 is 4.74 Å². The zero-order chi connectivity index (χ0) is 14.3. The Hall–Kier alpha value is -1.12. The molecule has 0 N–H and O–H groups in total. The minimum atomic E-state index is 0.379. The van der Waals surface area contributed by atoms with Crippen LogP contribution >= 0.6 is 0 Å². The van der Waals surface area contributed by atoms with Crippen molar-refractivity contribution in [3.05, 3.63) is 17.6 Å². The number of rotatable bonds is 3. The molecule has 3 heteroatoms.